The van der Waals surface area contributed by atoms with Crippen LogP contribution < -0.4 is 4.74 Å². The highest BCUT2D eigenvalue weighted by atomic mass is 32.1. The Bertz CT molecular complexity index is 865. The van der Waals surface area contributed by atoms with Crippen LogP contribution in [-0.2, 0) is 9.54 Å². The van der Waals surface area contributed by atoms with E-state index < -0.39 is 0 Å². The second kappa shape index (κ2) is 8.01. The molecule has 0 aliphatic heterocycles. The molecule has 3 heteroatoms. The van der Waals surface area contributed by atoms with E-state index in [4.69, 9.17) is 17.4 Å². The highest BCUT2D eigenvalue weighted by Crippen LogP contribution is 2.43. The van der Waals surface area contributed by atoms with Crippen LogP contribution in [0.15, 0.2) is 72.8 Å². The molecule has 0 heterocycles. The first-order valence-corrected chi connectivity index (χ1v) is 9.57. The van der Waals surface area contributed by atoms with Gasteiger partial charge in [0, 0.05) is 22.3 Å². The van der Waals surface area contributed by atoms with E-state index in [1.807, 2.05) is 60.7 Å². The van der Waals surface area contributed by atoms with Crippen LogP contribution in [0.1, 0.15) is 32.8 Å². The molecule has 0 spiro atoms. The monoisotopic (exact) mass is 376 g/mol. The van der Waals surface area contributed by atoms with Gasteiger partial charge in [0.05, 0.1) is 0 Å². The average molecular weight is 377 g/mol. The van der Waals surface area contributed by atoms with Gasteiger partial charge in [0.2, 0.25) is 0 Å². The maximum atomic E-state index is 12.2. The summed E-state index contributed by atoms with van der Waals surface area (Å²) in [6, 6.07) is 24.2. The first kappa shape index (κ1) is 19.2. The Balaban J connectivity index is 2.34. The smallest absolute Gasteiger partial charge is 0.310 e. The fourth-order valence-electron chi connectivity index (χ4n) is 2.94. The van der Waals surface area contributed by atoms with Crippen LogP contribution in [0, 0.1) is 0 Å². The molecule has 0 fully saturated rings. The van der Waals surface area contributed by atoms with E-state index >= 15 is 0 Å². The van der Waals surface area contributed by atoms with Crippen molar-refractivity contribution in [3.63, 3.8) is 0 Å². The van der Waals surface area contributed by atoms with Crippen molar-refractivity contribution < 1.29 is 9.53 Å². The van der Waals surface area contributed by atoms with Crippen LogP contribution in [0.5, 0.6) is 5.75 Å². The van der Waals surface area contributed by atoms with Gasteiger partial charge in [-0.15, -0.1) is 0 Å². The molecule has 0 aliphatic rings. The summed E-state index contributed by atoms with van der Waals surface area (Å²) >= 11 is 4.78. The number of carbonyl (C=O) groups is 1. The van der Waals surface area contributed by atoms with Crippen molar-refractivity contribution in [1.82, 2.24) is 0 Å². The summed E-state index contributed by atoms with van der Waals surface area (Å²) in [6.07, 6.45) is 0.322. The standard InChI is InChI=1S/C24H24O2S/c1-4-22(25)26-23-20(17-11-7-5-8-12-17)15-19(24(2,3)27)16-21(23)18-13-9-6-10-14-18/h5-16,27H,4H2,1-3H3. The van der Waals surface area contributed by atoms with Gasteiger partial charge in [-0.2, -0.15) is 12.6 Å². The molecule has 0 bridgehead atoms. The van der Waals surface area contributed by atoms with Crippen molar-refractivity contribution in [2.75, 3.05) is 0 Å². The van der Waals surface area contributed by atoms with Gasteiger partial charge >= 0.3 is 5.97 Å². The third kappa shape index (κ3) is 4.42. The van der Waals surface area contributed by atoms with Gasteiger partial charge in [0.1, 0.15) is 5.75 Å². The third-order valence-corrected chi connectivity index (χ3v) is 4.73. The molecule has 3 aromatic carbocycles. The number of benzene rings is 3. The van der Waals surface area contributed by atoms with Crippen LogP contribution in [0.25, 0.3) is 22.3 Å². The fourth-order valence-corrected chi connectivity index (χ4v) is 3.07. The molecular formula is C24H24O2S. The van der Waals surface area contributed by atoms with Gasteiger partial charge in [-0.25, -0.2) is 0 Å². The second-order valence-corrected chi connectivity index (χ2v) is 8.14. The summed E-state index contributed by atoms with van der Waals surface area (Å²) in [5.41, 5.74) is 4.88. The number of thiol groups is 1. The molecule has 138 valence electrons. The molecule has 0 atom stereocenters. The lowest BCUT2D eigenvalue weighted by atomic mass is 9.90. The highest BCUT2D eigenvalue weighted by molar-refractivity contribution is 7.81. The van der Waals surface area contributed by atoms with E-state index in [0.29, 0.717) is 12.2 Å². The lowest BCUT2D eigenvalue weighted by Gasteiger charge is -2.23. The minimum atomic E-state index is -0.333. The van der Waals surface area contributed by atoms with E-state index in [0.717, 1.165) is 27.8 Å². The molecule has 0 aromatic heterocycles. The first-order valence-electron chi connectivity index (χ1n) is 9.12. The summed E-state index contributed by atoms with van der Waals surface area (Å²) in [7, 11) is 0. The van der Waals surface area contributed by atoms with Crippen LogP contribution >= 0.6 is 12.6 Å². The molecule has 0 saturated heterocycles. The van der Waals surface area contributed by atoms with Crippen molar-refractivity contribution in [2.45, 2.75) is 31.9 Å². The molecule has 0 amide bonds. The van der Waals surface area contributed by atoms with Crippen LogP contribution in [0.4, 0.5) is 0 Å². The molecule has 0 unspecified atom stereocenters. The topological polar surface area (TPSA) is 26.3 Å². The van der Waals surface area contributed by atoms with Gasteiger partial charge in [-0.1, -0.05) is 67.6 Å². The van der Waals surface area contributed by atoms with E-state index in [1.54, 1.807) is 6.92 Å². The molecule has 27 heavy (non-hydrogen) atoms. The zero-order valence-corrected chi connectivity index (χ0v) is 16.8. The molecule has 2 nitrogen and oxygen atoms in total. The SMILES string of the molecule is CCC(=O)Oc1c(-c2ccccc2)cc(C(C)(C)S)cc1-c1ccccc1. The lowest BCUT2D eigenvalue weighted by Crippen LogP contribution is -2.11. The minimum Gasteiger partial charge on any atom is -0.425 e. The van der Waals surface area contributed by atoms with Crippen molar-refractivity contribution in [2.24, 2.45) is 0 Å². The maximum absolute atomic E-state index is 12.2. The Kier molecular flexibility index (Phi) is 5.71. The third-order valence-electron chi connectivity index (χ3n) is 4.47. The molecule has 3 aromatic rings. The van der Waals surface area contributed by atoms with E-state index in [2.05, 4.69) is 26.0 Å². The van der Waals surface area contributed by atoms with Crippen LogP contribution in [0.3, 0.4) is 0 Å². The van der Waals surface area contributed by atoms with Gasteiger partial charge in [0.15, 0.2) is 0 Å². The predicted octanol–water partition coefficient (Wildman–Crippen LogP) is 6.50. The van der Waals surface area contributed by atoms with Gasteiger partial charge in [-0.3, -0.25) is 4.79 Å². The Labute approximate surface area is 166 Å². The van der Waals surface area contributed by atoms with Crippen molar-refractivity contribution in [1.29, 1.82) is 0 Å². The number of rotatable bonds is 5. The first-order chi connectivity index (χ1) is 12.9. The Hall–Kier alpha value is -2.52. The Morgan fingerprint density at radius 2 is 1.33 bits per heavy atom. The Morgan fingerprint density at radius 1 is 0.889 bits per heavy atom. The van der Waals surface area contributed by atoms with Gasteiger partial charge in [0.25, 0.3) is 0 Å². The zero-order valence-electron chi connectivity index (χ0n) is 15.9. The van der Waals surface area contributed by atoms with Crippen molar-refractivity contribution >= 4 is 18.6 Å². The van der Waals surface area contributed by atoms with E-state index in [1.165, 1.54) is 0 Å². The molecule has 0 N–H and O–H groups in total. The number of hydrogen-bond acceptors (Lipinski definition) is 3. The lowest BCUT2D eigenvalue weighted by molar-refractivity contribution is -0.133. The van der Waals surface area contributed by atoms with Gasteiger partial charge in [-0.05, 0) is 42.7 Å². The van der Waals surface area contributed by atoms with Crippen LogP contribution in [0.2, 0.25) is 0 Å². The number of esters is 1. The Morgan fingerprint density at radius 3 is 1.70 bits per heavy atom. The van der Waals surface area contributed by atoms with Crippen molar-refractivity contribution in [3.8, 4) is 28.0 Å². The predicted molar refractivity (Wildman–Crippen MR) is 115 cm³/mol. The summed E-state index contributed by atoms with van der Waals surface area (Å²) in [6.45, 7) is 5.93. The van der Waals surface area contributed by atoms with Crippen molar-refractivity contribution in [3.05, 3.63) is 78.4 Å². The summed E-state index contributed by atoms with van der Waals surface area (Å²) in [5, 5.41) is 0. The molecule has 0 aliphatic carbocycles. The number of ether oxygens (including phenoxy) is 1. The molecule has 0 saturated carbocycles. The fraction of sp³-hybridized carbons (Fsp3) is 0.208. The van der Waals surface area contributed by atoms with E-state index in [-0.39, 0.29) is 10.7 Å². The summed E-state index contributed by atoms with van der Waals surface area (Å²) in [4.78, 5) is 12.2. The quantitative estimate of drug-likeness (QED) is 0.312. The van der Waals surface area contributed by atoms with Gasteiger partial charge < -0.3 is 4.74 Å². The average Bonchev–Trinajstić information content (AvgIpc) is 2.68. The minimum absolute atomic E-state index is 0.248. The largest absolute Gasteiger partial charge is 0.425 e. The number of hydrogen-bond donors (Lipinski definition) is 1. The van der Waals surface area contributed by atoms with Crippen LogP contribution in [-0.4, -0.2) is 5.97 Å². The maximum Gasteiger partial charge on any atom is 0.310 e. The normalized spacial score (nSPS) is 11.3. The second-order valence-electron chi connectivity index (χ2n) is 7.02. The highest BCUT2D eigenvalue weighted by Gasteiger charge is 2.23. The zero-order chi connectivity index (χ0) is 19.4. The molecule has 0 radical (unpaired) electrons. The molecule has 3 rings (SSSR count). The number of carbonyl (C=O) groups excluding carboxylic acids is 1. The molecular weight excluding hydrogens is 352 g/mol. The summed E-state index contributed by atoms with van der Waals surface area (Å²) in [5.74, 6) is 0.350. The van der Waals surface area contributed by atoms with E-state index in [9.17, 15) is 4.79 Å². The summed E-state index contributed by atoms with van der Waals surface area (Å²) < 4.78 is 5.51.